The highest BCUT2D eigenvalue weighted by atomic mass is 35.5. The molecule has 0 fully saturated rings. The highest BCUT2D eigenvalue weighted by Crippen LogP contribution is 2.20. The van der Waals surface area contributed by atoms with Crippen LogP contribution in [0.3, 0.4) is 0 Å². The fourth-order valence-corrected chi connectivity index (χ4v) is 2.22. The molecule has 1 amide bonds. The third kappa shape index (κ3) is 6.29. The summed E-state index contributed by atoms with van der Waals surface area (Å²) in [5.74, 6) is 0.587. The minimum atomic E-state index is -0.229. The molecule has 0 aliphatic rings. The number of benzene rings is 1. The summed E-state index contributed by atoms with van der Waals surface area (Å²) in [6.45, 7) is 5.12. The predicted octanol–water partition coefficient (Wildman–Crippen LogP) is 4.38. The number of nitrogens with one attached hydrogen (secondary N) is 1. The van der Waals surface area contributed by atoms with Crippen molar-refractivity contribution < 1.29 is 9.90 Å². The van der Waals surface area contributed by atoms with Gasteiger partial charge in [-0.2, -0.15) is 0 Å². The molecule has 4 heteroatoms. The van der Waals surface area contributed by atoms with Crippen LogP contribution in [0.1, 0.15) is 56.3 Å². The Labute approximate surface area is 126 Å². The molecule has 0 atom stereocenters. The van der Waals surface area contributed by atoms with Crippen LogP contribution in [0.15, 0.2) is 18.2 Å². The van der Waals surface area contributed by atoms with Crippen molar-refractivity contribution in [3.63, 3.8) is 0 Å². The maximum atomic E-state index is 11.9. The van der Waals surface area contributed by atoms with Crippen LogP contribution in [0.25, 0.3) is 0 Å². The van der Waals surface area contributed by atoms with Gasteiger partial charge in [-0.05, 0) is 30.5 Å². The van der Waals surface area contributed by atoms with Crippen molar-refractivity contribution >= 4 is 17.5 Å². The van der Waals surface area contributed by atoms with Crippen molar-refractivity contribution in [2.45, 2.75) is 46.0 Å². The Morgan fingerprint density at radius 1 is 1.25 bits per heavy atom. The Kier molecular flexibility index (Phi) is 7.45. The van der Waals surface area contributed by atoms with Gasteiger partial charge in [-0.1, -0.05) is 51.1 Å². The molecular formula is C16H24ClNO2. The zero-order valence-corrected chi connectivity index (χ0v) is 13.0. The molecule has 0 heterocycles. The summed E-state index contributed by atoms with van der Waals surface area (Å²) in [7, 11) is 0. The molecule has 3 nitrogen and oxygen atoms in total. The summed E-state index contributed by atoms with van der Waals surface area (Å²) in [6, 6.07) is 4.38. The van der Waals surface area contributed by atoms with Crippen molar-refractivity contribution in [1.29, 1.82) is 0 Å². The molecule has 2 N–H and O–H groups in total. The Hall–Kier alpha value is -1.22. The highest BCUT2D eigenvalue weighted by molar-refractivity contribution is 6.33. The molecule has 0 unspecified atom stereocenters. The van der Waals surface area contributed by atoms with Gasteiger partial charge < -0.3 is 10.4 Å². The molecule has 0 spiro atoms. The quantitative estimate of drug-likeness (QED) is 0.700. The van der Waals surface area contributed by atoms with Crippen LogP contribution in [0, 0.1) is 5.92 Å². The molecule has 1 aromatic rings. The number of carbonyl (C=O) groups is 1. The van der Waals surface area contributed by atoms with Gasteiger partial charge in [0, 0.05) is 6.54 Å². The maximum absolute atomic E-state index is 11.9. The summed E-state index contributed by atoms with van der Waals surface area (Å²) in [5.41, 5.74) is 0.325. The molecule has 0 aromatic heterocycles. The van der Waals surface area contributed by atoms with Gasteiger partial charge in [0.1, 0.15) is 5.75 Å². The molecular weight excluding hydrogens is 274 g/mol. The van der Waals surface area contributed by atoms with Gasteiger partial charge in [0.25, 0.3) is 5.91 Å². The van der Waals surface area contributed by atoms with E-state index in [2.05, 4.69) is 19.2 Å². The van der Waals surface area contributed by atoms with E-state index in [1.807, 2.05) is 0 Å². The number of halogens is 1. The van der Waals surface area contributed by atoms with Gasteiger partial charge in [0.05, 0.1) is 10.6 Å². The topological polar surface area (TPSA) is 49.3 Å². The second-order valence-corrected chi connectivity index (χ2v) is 5.92. The zero-order chi connectivity index (χ0) is 15.0. The first-order chi connectivity index (χ1) is 9.50. The van der Waals surface area contributed by atoms with Crippen LogP contribution in [-0.4, -0.2) is 17.6 Å². The van der Waals surface area contributed by atoms with Gasteiger partial charge in [0.2, 0.25) is 0 Å². The lowest BCUT2D eigenvalue weighted by Gasteiger charge is -2.07. The summed E-state index contributed by atoms with van der Waals surface area (Å²) < 4.78 is 0. The van der Waals surface area contributed by atoms with E-state index in [0.29, 0.717) is 17.1 Å². The van der Waals surface area contributed by atoms with Crippen LogP contribution in [-0.2, 0) is 0 Å². The molecule has 0 saturated carbocycles. The Morgan fingerprint density at radius 3 is 2.65 bits per heavy atom. The minimum Gasteiger partial charge on any atom is -0.508 e. The standard InChI is InChI=1S/C16H24ClNO2/c1-12(2)7-5-3-4-6-10-18-16(20)14-11-13(19)8-9-15(14)17/h8-9,11-12,19H,3-7,10H2,1-2H3,(H,18,20). The van der Waals surface area contributed by atoms with Crippen molar-refractivity contribution in [3.8, 4) is 5.75 Å². The molecule has 0 aliphatic heterocycles. The van der Waals surface area contributed by atoms with Gasteiger partial charge >= 0.3 is 0 Å². The minimum absolute atomic E-state index is 0.0493. The number of hydrogen-bond acceptors (Lipinski definition) is 2. The van der Waals surface area contributed by atoms with Gasteiger partial charge in [0.15, 0.2) is 0 Å². The SMILES string of the molecule is CC(C)CCCCCCNC(=O)c1cc(O)ccc1Cl. The van der Waals surface area contributed by atoms with E-state index in [0.717, 1.165) is 18.8 Å². The molecule has 1 aromatic carbocycles. The molecule has 0 aliphatic carbocycles. The number of rotatable bonds is 8. The first-order valence-corrected chi connectivity index (χ1v) is 7.65. The fraction of sp³-hybridized carbons (Fsp3) is 0.562. The van der Waals surface area contributed by atoms with Gasteiger partial charge in [-0.3, -0.25) is 4.79 Å². The van der Waals surface area contributed by atoms with Crippen molar-refractivity contribution in [1.82, 2.24) is 5.32 Å². The summed E-state index contributed by atoms with van der Waals surface area (Å²) in [5, 5.41) is 12.6. The van der Waals surface area contributed by atoms with Crippen LogP contribution in [0.5, 0.6) is 5.75 Å². The monoisotopic (exact) mass is 297 g/mol. The largest absolute Gasteiger partial charge is 0.508 e. The van der Waals surface area contributed by atoms with Gasteiger partial charge in [-0.15, -0.1) is 0 Å². The lowest BCUT2D eigenvalue weighted by molar-refractivity contribution is 0.0952. The molecule has 1 rings (SSSR count). The van der Waals surface area contributed by atoms with Crippen molar-refractivity contribution in [2.75, 3.05) is 6.54 Å². The van der Waals surface area contributed by atoms with E-state index >= 15 is 0 Å². The maximum Gasteiger partial charge on any atom is 0.252 e. The van der Waals surface area contributed by atoms with E-state index in [1.165, 1.54) is 37.5 Å². The van der Waals surface area contributed by atoms with Crippen molar-refractivity contribution in [3.05, 3.63) is 28.8 Å². The number of hydrogen-bond donors (Lipinski definition) is 2. The van der Waals surface area contributed by atoms with E-state index in [1.54, 1.807) is 0 Å². The van der Waals surface area contributed by atoms with E-state index in [9.17, 15) is 9.90 Å². The Morgan fingerprint density at radius 2 is 1.95 bits per heavy atom. The smallest absolute Gasteiger partial charge is 0.252 e. The average Bonchev–Trinajstić information content (AvgIpc) is 2.39. The number of aromatic hydroxyl groups is 1. The fourth-order valence-electron chi connectivity index (χ4n) is 2.02. The number of carbonyl (C=O) groups excluding carboxylic acids is 1. The van der Waals surface area contributed by atoms with Gasteiger partial charge in [-0.25, -0.2) is 0 Å². The first-order valence-electron chi connectivity index (χ1n) is 7.27. The van der Waals surface area contributed by atoms with E-state index in [4.69, 9.17) is 11.6 Å². The average molecular weight is 298 g/mol. The highest BCUT2D eigenvalue weighted by Gasteiger charge is 2.10. The van der Waals surface area contributed by atoms with Crippen molar-refractivity contribution in [2.24, 2.45) is 5.92 Å². The second kappa shape index (κ2) is 8.85. The first kappa shape index (κ1) is 16.8. The molecule has 0 bridgehead atoms. The van der Waals surface area contributed by atoms with Crippen LogP contribution in [0.2, 0.25) is 5.02 Å². The summed E-state index contributed by atoms with van der Waals surface area (Å²) >= 11 is 5.93. The third-order valence-electron chi connectivity index (χ3n) is 3.19. The second-order valence-electron chi connectivity index (χ2n) is 5.52. The lowest BCUT2D eigenvalue weighted by Crippen LogP contribution is -2.24. The third-order valence-corrected chi connectivity index (χ3v) is 3.52. The number of phenols is 1. The number of amides is 1. The van der Waals surface area contributed by atoms with E-state index < -0.39 is 0 Å². The predicted molar refractivity (Wildman–Crippen MR) is 83.4 cm³/mol. The lowest BCUT2D eigenvalue weighted by atomic mass is 10.0. The Balaban J connectivity index is 2.22. The summed E-state index contributed by atoms with van der Waals surface area (Å²) in [4.78, 5) is 11.9. The van der Waals surface area contributed by atoms with Crippen LogP contribution < -0.4 is 5.32 Å². The number of phenolic OH excluding ortho intramolecular Hbond substituents is 1. The molecule has 0 radical (unpaired) electrons. The molecule has 112 valence electrons. The summed E-state index contributed by atoms with van der Waals surface area (Å²) in [6.07, 6.45) is 5.83. The zero-order valence-electron chi connectivity index (χ0n) is 12.3. The van der Waals surface area contributed by atoms with Crippen LogP contribution in [0.4, 0.5) is 0 Å². The normalized spacial score (nSPS) is 10.8. The number of unbranched alkanes of at least 4 members (excludes halogenated alkanes) is 3. The van der Waals surface area contributed by atoms with E-state index in [-0.39, 0.29) is 11.7 Å². The Bertz CT molecular complexity index is 432. The van der Waals surface area contributed by atoms with Crippen LogP contribution >= 0.6 is 11.6 Å². The molecule has 0 saturated heterocycles. The molecule has 20 heavy (non-hydrogen) atoms.